The number of rotatable bonds is 7. The molecule has 0 saturated heterocycles. The molecule has 2 saturated carbocycles. The molecule has 2 rings (SSSR count). The second-order valence-electron chi connectivity index (χ2n) is 7.75. The highest BCUT2D eigenvalue weighted by molar-refractivity contribution is 5.53. The van der Waals surface area contributed by atoms with Crippen molar-refractivity contribution in [3.05, 3.63) is 0 Å². The highest BCUT2D eigenvalue weighted by Gasteiger charge is 2.22. The Morgan fingerprint density at radius 3 is 1.65 bits per heavy atom. The Balaban J connectivity index is 0.000000593. The minimum Gasteiger partial charge on any atom is -0.450 e. The number of unbranched alkanes of at least 4 members (excludes halogenated alkanes) is 2. The zero-order valence-electron chi connectivity index (χ0n) is 15.1. The summed E-state index contributed by atoms with van der Waals surface area (Å²) in [6.07, 6.45) is 21.0. The van der Waals surface area contributed by atoms with Gasteiger partial charge in [0.2, 0.25) is 0 Å². The Bertz CT molecular complexity index is 285. The molecule has 0 aromatic heterocycles. The first kappa shape index (κ1) is 20.3. The van der Waals surface area contributed by atoms with Gasteiger partial charge < -0.3 is 10.2 Å². The molecule has 136 valence electrons. The van der Waals surface area contributed by atoms with Crippen molar-refractivity contribution in [2.24, 2.45) is 17.8 Å². The van der Waals surface area contributed by atoms with Gasteiger partial charge in [0, 0.05) is 0 Å². The maximum absolute atomic E-state index is 8.56. The first-order valence-corrected chi connectivity index (χ1v) is 10.0. The van der Waals surface area contributed by atoms with E-state index in [9.17, 15) is 0 Å². The van der Waals surface area contributed by atoms with Crippen molar-refractivity contribution in [1.29, 1.82) is 0 Å². The average molecular weight is 327 g/mol. The third-order valence-electron chi connectivity index (χ3n) is 5.89. The van der Waals surface area contributed by atoms with Gasteiger partial charge in [-0.3, -0.25) is 0 Å². The van der Waals surface area contributed by atoms with Crippen molar-refractivity contribution in [3.63, 3.8) is 0 Å². The number of carbonyl (C=O) groups is 1. The normalized spacial score (nSPS) is 25.4. The van der Waals surface area contributed by atoms with E-state index in [2.05, 4.69) is 6.92 Å². The lowest BCUT2D eigenvalue weighted by molar-refractivity contribution is 0.137. The zero-order valence-corrected chi connectivity index (χ0v) is 15.1. The fourth-order valence-corrected chi connectivity index (χ4v) is 4.44. The van der Waals surface area contributed by atoms with Gasteiger partial charge in [0.25, 0.3) is 0 Å². The molecule has 3 nitrogen and oxygen atoms in total. The average Bonchev–Trinajstić information content (AvgIpc) is 2.55. The smallest absolute Gasteiger partial charge is 0.450 e. The van der Waals surface area contributed by atoms with Gasteiger partial charge in [-0.2, -0.15) is 0 Å². The van der Waals surface area contributed by atoms with Crippen LogP contribution in [0.1, 0.15) is 103 Å². The molecule has 23 heavy (non-hydrogen) atoms. The summed E-state index contributed by atoms with van der Waals surface area (Å²) >= 11 is 0. The van der Waals surface area contributed by atoms with Crippen LogP contribution in [0.25, 0.3) is 0 Å². The second-order valence-corrected chi connectivity index (χ2v) is 7.75. The Morgan fingerprint density at radius 1 is 0.739 bits per heavy atom. The van der Waals surface area contributed by atoms with E-state index < -0.39 is 6.16 Å². The summed E-state index contributed by atoms with van der Waals surface area (Å²) in [4.78, 5) is 8.56. The summed E-state index contributed by atoms with van der Waals surface area (Å²) in [6.45, 7) is 2.32. The molecule has 0 aromatic carbocycles. The van der Waals surface area contributed by atoms with Gasteiger partial charge in [-0.05, 0) is 17.8 Å². The molecule has 0 atom stereocenters. The first-order chi connectivity index (χ1) is 11.1. The molecular weight excluding hydrogens is 288 g/mol. The van der Waals surface area contributed by atoms with Crippen molar-refractivity contribution in [2.45, 2.75) is 103 Å². The van der Waals surface area contributed by atoms with Crippen LogP contribution in [0.3, 0.4) is 0 Å². The van der Waals surface area contributed by atoms with Gasteiger partial charge >= 0.3 is 6.16 Å². The van der Waals surface area contributed by atoms with E-state index in [0.29, 0.717) is 0 Å². The van der Waals surface area contributed by atoms with Crippen LogP contribution in [0, 0.1) is 17.8 Å². The predicted molar refractivity (Wildman–Crippen MR) is 96.1 cm³/mol. The van der Waals surface area contributed by atoms with Gasteiger partial charge in [-0.25, -0.2) is 4.79 Å². The van der Waals surface area contributed by atoms with E-state index in [4.69, 9.17) is 15.0 Å². The quantitative estimate of drug-likeness (QED) is 0.497. The maximum atomic E-state index is 8.56. The highest BCUT2D eigenvalue weighted by atomic mass is 16.6. The van der Waals surface area contributed by atoms with Crippen LogP contribution in [0.15, 0.2) is 0 Å². The Labute approximate surface area is 142 Å². The molecule has 3 heteroatoms. The molecule has 0 aliphatic heterocycles. The summed E-state index contributed by atoms with van der Waals surface area (Å²) < 4.78 is 0. The molecule has 0 spiro atoms. The van der Waals surface area contributed by atoms with Crippen LogP contribution in [0.2, 0.25) is 0 Å². The van der Waals surface area contributed by atoms with Crippen LogP contribution in [-0.4, -0.2) is 16.4 Å². The zero-order chi connectivity index (χ0) is 16.9. The van der Waals surface area contributed by atoms with Crippen molar-refractivity contribution >= 4 is 6.16 Å². The number of hydrogen-bond acceptors (Lipinski definition) is 1. The van der Waals surface area contributed by atoms with Crippen LogP contribution in [-0.2, 0) is 0 Å². The summed E-state index contributed by atoms with van der Waals surface area (Å²) in [5.74, 6) is 3.30. The lowest BCUT2D eigenvalue weighted by Crippen LogP contribution is -2.16. The van der Waals surface area contributed by atoms with Gasteiger partial charge in [0.15, 0.2) is 0 Å². The lowest BCUT2D eigenvalue weighted by atomic mass is 9.76. The monoisotopic (exact) mass is 326 g/mol. The maximum Gasteiger partial charge on any atom is 0.503 e. The van der Waals surface area contributed by atoms with E-state index >= 15 is 0 Å². The van der Waals surface area contributed by atoms with Crippen molar-refractivity contribution in [3.8, 4) is 0 Å². The van der Waals surface area contributed by atoms with E-state index in [1.807, 2.05) is 0 Å². The van der Waals surface area contributed by atoms with Crippen LogP contribution < -0.4 is 0 Å². The fraction of sp³-hybridized carbons (Fsp3) is 0.950. The van der Waals surface area contributed by atoms with Crippen LogP contribution in [0.4, 0.5) is 4.79 Å². The van der Waals surface area contributed by atoms with E-state index in [-0.39, 0.29) is 0 Å². The summed E-state index contributed by atoms with van der Waals surface area (Å²) in [5, 5.41) is 13.9. The van der Waals surface area contributed by atoms with Gasteiger partial charge in [-0.15, -0.1) is 0 Å². The van der Waals surface area contributed by atoms with Gasteiger partial charge in [0.1, 0.15) is 0 Å². The third kappa shape index (κ3) is 10.6. The second kappa shape index (κ2) is 12.7. The minimum atomic E-state index is -1.83. The standard InChI is InChI=1S/C19H36.CH2O3/c1-2-3-5-8-18-12-15-19(16-13-18)14-11-17-9-6-4-7-10-17;2-1(3)4/h17-19H,2-16H2,1H3;(H2,2,3,4). The minimum absolute atomic E-state index is 1.09. The molecule has 0 unspecified atom stereocenters. The molecule has 2 N–H and O–H groups in total. The van der Waals surface area contributed by atoms with E-state index in [1.54, 1.807) is 51.4 Å². The molecule has 0 aromatic rings. The predicted octanol–water partition coefficient (Wildman–Crippen LogP) is 6.96. The fourth-order valence-electron chi connectivity index (χ4n) is 4.44. The largest absolute Gasteiger partial charge is 0.503 e. The Hall–Kier alpha value is -0.730. The SMILES string of the molecule is CCCCCC1CCC(CCC2CCCCC2)CC1.O=C(O)O. The van der Waals surface area contributed by atoms with Crippen LogP contribution in [0.5, 0.6) is 0 Å². The molecule has 0 amide bonds. The summed E-state index contributed by atoms with van der Waals surface area (Å²) in [6, 6.07) is 0. The summed E-state index contributed by atoms with van der Waals surface area (Å²) in [7, 11) is 0. The van der Waals surface area contributed by atoms with Crippen LogP contribution >= 0.6 is 0 Å². The van der Waals surface area contributed by atoms with Gasteiger partial charge in [0.05, 0.1) is 0 Å². The van der Waals surface area contributed by atoms with E-state index in [1.165, 1.54) is 44.9 Å². The molecule has 0 radical (unpaired) electrons. The third-order valence-corrected chi connectivity index (χ3v) is 5.89. The first-order valence-electron chi connectivity index (χ1n) is 10.0. The van der Waals surface area contributed by atoms with Crippen molar-refractivity contribution in [2.75, 3.05) is 0 Å². The number of hydrogen-bond donors (Lipinski definition) is 2. The topological polar surface area (TPSA) is 57.5 Å². The Kier molecular flexibility index (Phi) is 11.2. The van der Waals surface area contributed by atoms with E-state index in [0.717, 1.165) is 17.8 Å². The molecule has 0 bridgehead atoms. The lowest BCUT2D eigenvalue weighted by Gasteiger charge is -2.30. The van der Waals surface area contributed by atoms with Crippen molar-refractivity contribution in [1.82, 2.24) is 0 Å². The molecule has 2 aliphatic carbocycles. The van der Waals surface area contributed by atoms with Gasteiger partial charge in [-0.1, -0.05) is 103 Å². The molecule has 2 aliphatic rings. The highest BCUT2D eigenvalue weighted by Crippen LogP contribution is 2.36. The molecule has 2 fully saturated rings. The Morgan fingerprint density at radius 2 is 1.17 bits per heavy atom. The molecular formula is C20H38O3. The number of carboxylic acid groups (broad SMARTS) is 2. The summed E-state index contributed by atoms with van der Waals surface area (Å²) in [5.41, 5.74) is 0. The van der Waals surface area contributed by atoms with Crippen molar-refractivity contribution < 1.29 is 15.0 Å². The molecule has 0 heterocycles.